The van der Waals surface area contributed by atoms with Crippen molar-refractivity contribution in [2.45, 2.75) is 183 Å². The summed E-state index contributed by atoms with van der Waals surface area (Å²) in [6.45, 7) is 13.9. The van der Waals surface area contributed by atoms with Gasteiger partial charge in [-0.25, -0.2) is 9.59 Å². The van der Waals surface area contributed by atoms with Crippen LogP contribution in [0.25, 0.3) is 0 Å². The summed E-state index contributed by atoms with van der Waals surface area (Å²) in [5.41, 5.74) is 0. The van der Waals surface area contributed by atoms with Gasteiger partial charge in [0.05, 0.1) is 0 Å². The Morgan fingerprint density at radius 2 is 0.553 bits per heavy atom. The van der Waals surface area contributed by atoms with Crippen LogP contribution < -0.4 is 0 Å². The van der Waals surface area contributed by atoms with Crippen LogP contribution in [-0.4, -0.2) is 32.7 Å². The minimum Gasteiger partial charge on any atom is -0.450 e. The molecule has 0 heterocycles. The first-order valence-corrected chi connectivity index (χ1v) is 15.8. The van der Waals surface area contributed by atoms with Crippen LogP contribution in [-0.2, 0) is 0 Å². The van der Waals surface area contributed by atoms with Crippen LogP contribution in [0.3, 0.4) is 0 Å². The van der Waals surface area contributed by atoms with Crippen molar-refractivity contribution in [3.8, 4) is 0 Å². The highest BCUT2D eigenvalue weighted by Gasteiger charge is 1.96. The van der Waals surface area contributed by atoms with Gasteiger partial charge in [0.15, 0.2) is 0 Å². The molecule has 0 aromatic heterocycles. The van der Waals surface area contributed by atoms with Crippen molar-refractivity contribution >= 4 is 12.3 Å². The Labute approximate surface area is 237 Å². The maximum Gasteiger partial charge on any atom is 0.503 e. The molecule has 6 heteroatoms. The van der Waals surface area contributed by atoms with Gasteiger partial charge in [-0.3, -0.25) is 0 Å². The van der Waals surface area contributed by atoms with Crippen molar-refractivity contribution in [3.63, 3.8) is 0 Å². The molecule has 0 aliphatic carbocycles. The molecule has 0 fully saturated rings. The molecule has 0 saturated heterocycles. The molecule has 4 N–H and O–H groups in total. The molecule has 38 heavy (non-hydrogen) atoms. The molecule has 0 saturated carbocycles. The van der Waals surface area contributed by atoms with Gasteiger partial charge in [0.25, 0.3) is 0 Å². The van der Waals surface area contributed by atoms with E-state index < -0.39 is 12.3 Å². The summed E-state index contributed by atoms with van der Waals surface area (Å²) in [7, 11) is 0. The van der Waals surface area contributed by atoms with Crippen molar-refractivity contribution < 1.29 is 30.0 Å². The summed E-state index contributed by atoms with van der Waals surface area (Å²) in [5.74, 6) is 1.80. The lowest BCUT2D eigenvalue weighted by Gasteiger charge is -2.04. The first-order valence-electron chi connectivity index (χ1n) is 15.8. The minimum absolute atomic E-state index is 0.902. The smallest absolute Gasteiger partial charge is 0.450 e. The SMILES string of the molecule is CCCCCCCCCCCCC(C)C.CCCCCCCCCCCCC(C)C.O=C(O)O.O=C(O)O. The first kappa shape index (κ1) is 43.6. The third-order valence-corrected chi connectivity index (χ3v) is 6.27. The van der Waals surface area contributed by atoms with Crippen LogP contribution in [0, 0.1) is 11.8 Å². The van der Waals surface area contributed by atoms with Crippen LogP contribution in [0.15, 0.2) is 0 Å². The zero-order valence-electron chi connectivity index (χ0n) is 26.3. The van der Waals surface area contributed by atoms with Crippen molar-refractivity contribution in [3.05, 3.63) is 0 Å². The van der Waals surface area contributed by atoms with Crippen molar-refractivity contribution in [1.29, 1.82) is 0 Å². The van der Waals surface area contributed by atoms with Gasteiger partial charge in [0.1, 0.15) is 0 Å². The molecule has 0 atom stereocenters. The van der Waals surface area contributed by atoms with Crippen molar-refractivity contribution in [2.75, 3.05) is 0 Å². The summed E-state index contributed by atoms with van der Waals surface area (Å²) >= 11 is 0. The number of rotatable bonds is 22. The van der Waals surface area contributed by atoms with Gasteiger partial charge in [-0.05, 0) is 11.8 Å². The lowest BCUT2D eigenvalue weighted by molar-refractivity contribution is 0.135. The summed E-state index contributed by atoms with van der Waals surface area (Å²) in [6, 6.07) is 0. The summed E-state index contributed by atoms with van der Waals surface area (Å²) in [6.07, 6.45) is 28.3. The average molecular weight is 549 g/mol. The van der Waals surface area contributed by atoms with Gasteiger partial charge in [0.2, 0.25) is 0 Å². The number of hydrogen-bond acceptors (Lipinski definition) is 2. The highest BCUT2D eigenvalue weighted by atomic mass is 16.6. The second kappa shape index (κ2) is 40.0. The number of hydrogen-bond donors (Lipinski definition) is 4. The number of carbonyl (C=O) groups is 2. The van der Waals surface area contributed by atoms with Gasteiger partial charge in [-0.1, -0.05) is 183 Å². The predicted molar refractivity (Wildman–Crippen MR) is 164 cm³/mol. The van der Waals surface area contributed by atoms with E-state index in [0.717, 1.165) is 11.8 Å². The quantitative estimate of drug-likeness (QED) is 0.1000. The summed E-state index contributed by atoms with van der Waals surface area (Å²) in [4.78, 5) is 17.1. The van der Waals surface area contributed by atoms with Gasteiger partial charge in [-0.2, -0.15) is 0 Å². The second-order valence-electron chi connectivity index (χ2n) is 11.3. The Hall–Kier alpha value is -1.46. The Bertz CT molecular complexity index is 390. The van der Waals surface area contributed by atoms with Gasteiger partial charge >= 0.3 is 12.3 Å². The van der Waals surface area contributed by atoms with E-state index in [1.165, 1.54) is 141 Å². The minimum atomic E-state index is -1.83. The number of carboxylic acid groups (broad SMARTS) is 4. The van der Waals surface area contributed by atoms with Crippen LogP contribution >= 0.6 is 0 Å². The van der Waals surface area contributed by atoms with Gasteiger partial charge in [0, 0.05) is 0 Å². The fourth-order valence-corrected chi connectivity index (χ4v) is 4.08. The molecule has 0 spiro atoms. The predicted octanol–water partition coefficient (Wildman–Crippen LogP) is 12.4. The molecule has 0 aromatic rings. The highest BCUT2D eigenvalue weighted by molar-refractivity contribution is 5.53. The molecule has 0 aliphatic rings. The van der Waals surface area contributed by atoms with E-state index in [2.05, 4.69) is 41.5 Å². The molecule has 0 aromatic carbocycles. The van der Waals surface area contributed by atoms with E-state index in [9.17, 15) is 0 Å². The fraction of sp³-hybridized carbons (Fsp3) is 0.938. The molecule has 0 unspecified atom stereocenters. The molecule has 0 bridgehead atoms. The first-order chi connectivity index (χ1) is 18.0. The monoisotopic (exact) mass is 549 g/mol. The maximum absolute atomic E-state index is 8.56. The van der Waals surface area contributed by atoms with E-state index in [1.807, 2.05) is 0 Å². The van der Waals surface area contributed by atoms with Crippen molar-refractivity contribution in [2.24, 2.45) is 11.8 Å². The molecule has 6 nitrogen and oxygen atoms in total. The van der Waals surface area contributed by atoms with Crippen molar-refractivity contribution in [1.82, 2.24) is 0 Å². The van der Waals surface area contributed by atoms with Crippen LogP contribution in [0.2, 0.25) is 0 Å². The molecule has 0 radical (unpaired) electrons. The number of unbranched alkanes of at least 4 members (excludes halogenated alkanes) is 18. The molecule has 0 aliphatic heterocycles. The van der Waals surface area contributed by atoms with Crippen LogP contribution in [0.5, 0.6) is 0 Å². The average Bonchev–Trinajstić information content (AvgIpc) is 2.81. The fourth-order valence-electron chi connectivity index (χ4n) is 4.08. The van der Waals surface area contributed by atoms with E-state index >= 15 is 0 Å². The van der Waals surface area contributed by atoms with E-state index in [-0.39, 0.29) is 0 Å². The molecular formula is C32H68O6. The zero-order valence-corrected chi connectivity index (χ0v) is 26.3. The van der Waals surface area contributed by atoms with Gasteiger partial charge < -0.3 is 20.4 Å². The molecule has 0 amide bonds. The lowest BCUT2D eigenvalue weighted by Crippen LogP contribution is -1.87. The Kier molecular flexibility index (Phi) is 45.9. The largest absolute Gasteiger partial charge is 0.503 e. The van der Waals surface area contributed by atoms with E-state index in [0.29, 0.717) is 0 Å². The Morgan fingerprint density at radius 3 is 0.711 bits per heavy atom. The summed E-state index contributed by atoms with van der Waals surface area (Å²) < 4.78 is 0. The van der Waals surface area contributed by atoms with E-state index in [4.69, 9.17) is 30.0 Å². The normalized spacial score (nSPS) is 10.1. The van der Waals surface area contributed by atoms with Gasteiger partial charge in [-0.15, -0.1) is 0 Å². The molecular weight excluding hydrogens is 480 g/mol. The highest BCUT2D eigenvalue weighted by Crippen LogP contribution is 2.14. The zero-order chi connectivity index (χ0) is 29.9. The lowest BCUT2D eigenvalue weighted by atomic mass is 10.0. The third-order valence-electron chi connectivity index (χ3n) is 6.27. The summed E-state index contributed by atoms with van der Waals surface area (Å²) in [5, 5.41) is 27.9. The second-order valence-corrected chi connectivity index (χ2v) is 11.3. The van der Waals surface area contributed by atoms with E-state index in [1.54, 1.807) is 0 Å². The van der Waals surface area contributed by atoms with Crippen LogP contribution in [0.4, 0.5) is 9.59 Å². The molecule has 0 rings (SSSR count). The molecule has 232 valence electrons. The van der Waals surface area contributed by atoms with Crippen LogP contribution in [0.1, 0.15) is 183 Å². The standard InChI is InChI=1S/2C15H32.2CH2O3/c2*1-4-5-6-7-8-9-10-11-12-13-14-15(2)3;2*2-1(3)4/h2*15H,4-14H2,1-3H3;2*(H2,2,3,4). The maximum atomic E-state index is 8.56. The topological polar surface area (TPSA) is 115 Å². The Morgan fingerprint density at radius 1 is 0.395 bits per heavy atom. The Balaban J connectivity index is -0.000000237. The third kappa shape index (κ3) is 76.5.